The molecule has 1 aliphatic carbocycles. The van der Waals surface area contributed by atoms with Gasteiger partial charge in [0.15, 0.2) is 0 Å². The van der Waals surface area contributed by atoms with Gasteiger partial charge in [-0.05, 0) is 40.8 Å². The highest BCUT2D eigenvalue weighted by molar-refractivity contribution is 9.10. The van der Waals surface area contributed by atoms with Crippen LogP contribution in [0.15, 0.2) is 27.5 Å². The lowest BCUT2D eigenvalue weighted by Gasteiger charge is -2.26. The van der Waals surface area contributed by atoms with Crippen LogP contribution in [0.4, 0.5) is 0 Å². The van der Waals surface area contributed by atoms with Crippen LogP contribution >= 0.6 is 15.9 Å². The fourth-order valence-corrected chi connectivity index (χ4v) is 2.63. The number of benzene rings is 1. The van der Waals surface area contributed by atoms with Gasteiger partial charge in [-0.1, -0.05) is 18.6 Å². The van der Waals surface area contributed by atoms with Crippen molar-refractivity contribution in [1.29, 1.82) is 0 Å². The van der Waals surface area contributed by atoms with Gasteiger partial charge in [-0.15, -0.1) is 0 Å². The largest absolute Gasteiger partial charge is 0.345 e. The minimum absolute atomic E-state index is 0.249. The summed E-state index contributed by atoms with van der Waals surface area (Å²) in [5.74, 6) is 0.507. The molecule has 1 saturated carbocycles. The Morgan fingerprint density at radius 2 is 2.19 bits per heavy atom. The average Bonchev–Trinajstić information content (AvgIpc) is 2.17. The van der Waals surface area contributed by atoms with E-state index in [2.05, 4.69) is 25.9 Å². The number of aromatic nitrogens is 2. The van der Waals surface area contributed by atoms with Gasteiger partial charge in [0, 0.05) is 15.6 Å². The van der Waals surface area contributed by atoms with Gasteiger partial charge in [-0.2, -0.15) is 4.98 Å². The summed E-state index contributed by atoms with van der Waals surface area (Å²) >= 11 is 3.44. The van der Waals surface area contributed by atoms with E-state index < -0.39 is 0 Å². The molecular weight excluding hydrogens is 268 g/mol. The Balaban J connectivity index is 2.34. The third-order valence-electron chi connectivity index (χ3n) is 3.25. The van der Waals surface area contributed by atoms with Crippen molar-refractivity contribution in [1.82, 2.24) is 9.97 Å². The van der Waals surface area contributed by atoms with E-state index >= 15 is 0 Å². The molecule has 1 aromatic carbocycles. The minimum Gasteiger partial charge on any atom is -0.309 e. The van der Waals surface area contributed by atoms with Gasteiger partial charge >= 0.3 is 5.69 Å². The second-order valence-electron chi connectivity index (χ2n) is 4.22. The van der Waals surface area contributed by atoms with Crippen LogP contribution in [0.5, 0.6) is 0 Å². The summed E-state index contributed by atoms with van der Waals surface area (Å²) in [6.45, 7) is 0. The first-order valence-electron chi connectivity index (χ1n) is 5.44. The summed E-state index contributed by atoms with van der Waals surface area (Å²) in [5.41, 5.74) is 1.58. The van der Waals surface area contributed by atoms with Crippen molar-refractivity contribution < 1.29 is 0 Å². The maximum Gasteiger partial charge on any atom is 0.345 e. The second-order valence-corrected chi connectivity index (χ2v) is 5.07. The van der Waals surface area contributed by atoms with Crippen molar-refractivity contribution >= 4 is 26.8 Å². The molecule has 16 heavy (non-hydrogen) atoms. The quantitative estimate of drug-likeness (QED) is 0.872. The molecule has 1 aliphatic rings. The van der Waals surface area contributed by atoms with Crippen LogP contribution in [0, 0.1) is 0 Å². The van der Waals surface area contributed by atoms with E-state index in [0.29, 0.717) is 5.92 Å². The molecule has 3 rings (SSSR count). The summed E-state index contributed by atoms with van der Waals surface area (Å²) in [4.78, 5) is 18.4. The molecule has 82 valence electrons. The van der Waals surface area contributed by atoms with Crippen LogP contribution in [0.1, 0.15) is 30.9 Å². The number of hydrogen-bond donors (Lipinski definition) is 1. The molecule has 1 fully saturated rings. The van der Waals surface area contributed by atoms with E-state index in [4.69, 9.17) is 0 Å². The zero-order valence-electron chi connectivity index (χ0n) is 8.66. The number of rotatable bonds is 1. The van der Waals surface area contributed by atoms with Crippen molar-refractivity contribution in [3.05, 3.63) is 38.9 Å². The molecule has 0 unspecified atom stereocenters. The first-order valence-corrected chi connectivity index (χ1v) is 6.23. The Hall–Kier alpha value is -1.16. The number of hydrogen-bond acceptors (Lipinski definition) is 2. The predicted octanol–water partition coefficient (Wildman–Crippen LogP) is 2.95. The average molecular weight is 279 g/mol. The highest BCUT2D eigenvalue weighted by atomic mass is 79.9. The number of para-hydroxylation sites is 1. The minimum atomic E-state index is -0.249. The van der Waals surface area contributed by atoms with Crippen molar-refractivity contribution in [3.8, 4) is 0 Å². The van der Waals surface area contributed by atoms with Gasteiger partial charge < -0.3 is 4.98 Å². The monoisotopic (exact) mass is 278 g/mol. The highest BCUT2D eigenvalue weighted by Gasteiger charge is 2.23. The summed E-state index contributed by atoms with van der Waals surface area (Å²) < 4.78 is 0.886. The first kappa shape index (κ1) is 10.0. The summed E-state index contributed by atoms with van der Waals surface area (Å²) in [6.07, 6.45) is 3.59. The molecule has 0 radical (unpaired) electrons. The van der Waals surface area contributed by atoms with Gasteiger partial charge in [-0.25, -0.2) is 4.79 Å². The van der Waals surface area contributed by atoms with E-state index in [0.717, 1.165) is 21.1 Å². The van der Waals surface area contributed by atoms with E-state index in [-0.39, 0.29) is 5.69 Å². The van der Waals surface area contributed by atoms with Crippen LogP contribution in [-0.4, -0.2) is 9.97 Å². The molecule has 0 aliphatic heterocycles. The summed E-state index contributed by atoms with van der Waals surface area (Å²) in [7, 11) is 0. The maximum absolute atomic E-state index is 11.5. The molecule has 0 bridgehead atoms. The Labute approximate surface area is 101 Å². The molecule has 0 atom stereocenters. The van der Waals surface area contributed by atoms with Crippen molar-refractivity contribution in [3.63, 3.8) is 0 Å². The molecule has 4 heteroatoms. The predicted molar refractivity (Wildman–Crippen MR) is 66.7 cm³/mol. The Morgan fingerprint density at radius 3 is 2.88 bits per heavy atom. The number of aromatic amines is 1. The standard InChI is InChI=1S/C12H11BrN2O/c13-9-6-2-5-8-10(7-3-1-4-7)14-12(16)15-11(8)9/h2,5-7H,1,3-4H2,(H,14,15,16). The molecule has 1 heterocycles. The van der Waals surface area contributed by atoms with Gasteiger partial charge in [0.05, 0.1) is 5.52 Å². The smallest absolute Gasteiger partial charge is 0.309 e. The van der Waals surface area contributed by atoms with Gasteiger partial charge in [0.2, 0.25) is 0 Å². The molecule has 1 N–H and O–H groups in total. The molecular formula is C12H11BrN2O. The fourth-order valence-electron chi connectivity index (χ4n) is 2.18. The number of halogens is 1. The number of nitrogens with zero attached hydrogens (tertiary/aromatic N) is 1. The summed E-state index contributed by atoms with van der Waals surface area (Å²) in [6, 6.07) is 5.92. The van der Waals surface area contributed by atoms with E-state index in [1.54, 1.807) is 0 Å². The lowest BCUT2D eigenvalue weighted by atomic mass is 9.81. The van der Waals surface area contributed by atoms with Crippen LogP contribution in [0.3, 0.4) is 0 Å². The maximum atomic E-state index is 11.5. The second kappa shape index (κ2) is 3.70. The van der Waals surface area contributed by atoms with Gasteiger partial charge in [0.25, 0.3) is 0 Å². The van der Waals surface area contributed by atoms with E-state index in [1.807, 2.05) is 18.2 Å². The van der Waals surface area contributed by atoms with Gasteiger partial charge in [-0.3, -0.25) is 0 Å². The molecule has 0 saturated heterocycles. The molecule has 2 aromatic rings. The topological polar surface area (TPSA) is 45.8 Å². The van der Waals surface area contributed by atoms with Gasteiger partial charge in [0.1, 0.15) is 0 Å². The number of H-pyrrole nitrogens is 1. The third-order valence-corrected chi connectivity index (χ3v) is 3.89. The zero-order chi connectivity index (χ0) is 11.1. The first-order chi connectivity index (χ1) is 7.75. The van der Waals surface area contributed by atoms with E-state index in [9.17, 15) is 4.79 Å². The Morgan fingerprint density at radius 1 is 1.38 bits per heavy atom. The van der Waals surface area contributed by atoms with Crippen LogP contribution in [-0.2, 0) is 0 Å². The summed E-state index contributed by atoms with van der Waals surface area (Å²) in [5, 5.41) is 1.07. The fraction of sp³-hybridized carbons (Fsp3) is 0.333. The molecule has 1 aromatic heterocycles. The van der Waals surface area contributed by atoms with Crippen molar-refractivity contribution in [2.24, 2.45) is 0 Å². The number of fused-ring (bicyclic) bond motifs is 1. The van der Waals surface area contributed by atoms with Crippen molar-refractivity contribution in [2.45, 2.75) is 25.2 Å². The molecule has 3 nitrogen and oxygen atoms in total. The van der Waals surface area contributed by atoms with Crippen LogP contribution < -0.4 is 5.69 Å². The molecule has 0 spiro atoms. The lowest BCUT2D eigenvalue weighted by molar-refractivity contribution is 0.413. The Kier molecular flexibility index (Phi) is 2.32. The zero-order valence-corrected chi connectivity index (χ0v) is 10.3. The lowest BCUT2D eigenvalue weighted by Crippen LogP contribution is -2.19. The van der Waals surface area contributed by atoms with Crippen LogP contribution in [0.2, 0.25) is 0 Å². The third kappa shape index (κ3) is 1.48. The van der Waals surface area contributed by atoms with E-state index in [1.165, 1.54) is 19.3 Å². The SMILES string of the molecule is O=c1nc2c(Br)cccc2c(C2CCC2)[nH]1. The van der Waals surface area contributed by atoms with Crippen molar-refractivity contribution in [2.75, 3.05) is 0 Å². The van der Waals surface area contributed by atoms with Crippen LogP contribution in [0.25, 0.3) is 10.9 Å². The normalized spacial score (nSPS) is 16.3. The molecule has 0 amide bonds. The number of nitrogens with one attached hydrogen (secondary N) is 1. The highest BCUT2D eigenvalue weighted by Crippen LogP contribution is 2.38. The Bertz CT molecular complexity index is 601.